The quantitative estimate of drug-likeness (QED) is 0.717. The lowest BCUT2D eigenvalue weighted by Crippen LogP contribution is -2.43. The molecule has 0 saturated carbocycles. The van der Waals surface area contributed by atoms with Gasteiger partial charge >= 0.3 is 12.0 Å². The highest BCUT2D eigenvalue weighted by Gasteiger charge is 2.14. The van der Waals surface area contributed by atoms with E-state index in [4.69, 9.17) is 5.11 Å². The molecule has 0 aromatic rings. The van der Waals surface area contributed by atoms with Crippen molar-refractivity contribution >= 4 is 12.0 Å². The second-order valence-electron chi connectivity index (χ2n) is 4.82. The summed E-state index contributed by atoms with van der Waals surface area (Å²) < 4.78 is 0. The van der Waals surface area contributed by atoms with Crippen LogP contribution < -0.4 is 5.32 Å². The van der Waals surface area contributed by atoms with Gasteiger partial charge in [0.2, 0.25) is 0 Å². The van der Waals surface area contributed by atoms with Crippen molar-refractivity contribution in [3.8, 4) is 0 Å². The predicted octanol–water partition coefficient (Wildman–Crippen LogP) is 1.78. The highest BCUT2D eigenvalue weighted by atomic mass is 16.4. The molecule has 0 radical (unpaired) electrons. The van der Waals surface area contributed by atoms with Crippen molar-refractivity contribution in [3.63, 3.8) is 0 Å². The van der Waals surface area contributed by atoms with Crippen LogP contribution in [0.25, 0.3) is 0 Å². The Balaban J connectivity index is 4.01. The smallest absolute Gasteiger partial charge is 0.317 e. The number of hydrogen-bond acceptors (Lipinski definition) is 2. The molecule has 0 heterocycles. The molecule has 100 valence electrons. The number of aliphatic carboxylic acids is 1. The number of carbonyl (C=O) groups excluding carboxylic acids is 1. The van der Waals surface area contributed by atoms with Crippen LogP contribution in [0.15, 0.2) is 0 Å². The minimum absolute atomic E-state index is 0.0470. The van der Waals surface area contributed by atoms with Crippen molar-refractivity contribution in [2.45, 2.75) is 34.1 Å². The van der Waals surface area contributed by atoms with Crippen molar-refractivity contribution in [1.29, 1.82) is 0 Å². The molecule has 0 aromatic heterocycles. The van der Waals surface area contributed by atoms with Crippen molar-refractivity contribution in [3.05, 3.63) is 0 Å². The summed E-state index contributed by atoms with van der Waals surface area (Å²) >= 11 is 0. The van der Waals surface area contributed by atoms with E-state index >= 15 is 0 Å². The molecule has 0 rings (SSSR count). The van der Waals surface area contributed by atoms with Gasteiger partial charge in [0.25, 0.3) is 0 Å². The number of amides is 2. The van der Waals surface area contributed by atoms with E-state index in [1.165, 1.54) is 0 Å². The largest absolute Gasteiger partial charge is 0.481 e. The molecule has 0 aliphatic carbocycles. The fraction of sp³-hybridized carbons (Fsp3) is 0.833. The molecule has 1 atom stereocenters. The molecular weight excluding hydrogens is 220 g/mol. The Morgan fingerprint density at radius 2 is 1.88 bits per heavy atom. The summed E-state index contributed by atoms with van der Waals surface area (Å²) in [6, 6.07) is -0.113. The first-order chi connectivity index (χ1) is 7.86. The minimum Gasteiger partial charge on any atom is -0.481 e. The first-order valence-corrected chi connectivity index (χ1v) is 6.11. The van der Waals surface area contributed by atoms with Crippen molar-refractivity contribution in [1.82, 2.24) is 10.2 Å². The summed E-state index contributed by atoms with van der Waals surface area (Å²) in [4.78, 5) is 24.0. The molecule has 0 aliphatic rings. The Morgan fingerprint density at radius 1 is 1.29 bits per heavy atom. The van der Waals surface area contributed by atoms with Gasteiger partial charge in [0.1, 0.15) is 0 Å². The van der Waals surface area contributed by atoms with Gasteiger partial charge in [0, 0.05) is 26.1 Å². The SMILES string of the molecule is CCN(CC(C)C)C(=O)NCC(C)CC(=O)O. The number of nitrogens with zero attached hydrogens (tertiary/aromatic N) is 1. The zero-order chi connectivity index (χ0) is 13.4. The Bertz CT molecular complexity index is 254. The maximum absolute atomic E-state index is 11.8. The standard InChI is InChI=1S/C12H24N2O3/c1-5-14(8-9(2)3)12(17)13-7-10(4)6-11(15)16/h9-10H,5-8H2,1-4H3,(H,13,17)(H,15,16). The maximum Gasteiger partial charge on any atom is 0.317 e. The highest BCUT2D eigenvalue weighted by molar-refractivity contribution is 5.74. The molecule has 0 aliphatic heterocycles. The van der Waals surface area contributed by atoms with Crippen molar-refractivity contribution in [2.24, 2.45) is 11.8 Å². The van der Waals surface area contributed by atoms with Crippen LogP contribution in [0.2, 0.25) is 0 Å². The number of urea groups is 1. The van der Waals surface area contributed by atoms with Gasteiger partial charge in [-0.3, -0.25) is 4.79 Å². The summed E-state index contributed by atoms with van der Waals surface area (Å²) in [6.45, 7) is 9.65. The summed E-state index contributed by atoms with van der Waals surface area (Å²) in [6.07, 6.45) is 0.0799. The number of carbonyl (C=O) groups is 2. The fourth-order valence-corrected chi connectivity index (χ4v) is 1.54. The van der Waals surface area contributed by atoms with E-state index in [1.807, 2.05) is 13.8 Å². The van der Waals surface area contributed by atoms with E-state index in [0.29, 0.717) is 19.0 Å². The zero-order valence-electron chi connectivity index (χ0n) is 11.2. The zero-order valence-corrected chi connectivity index (χ0v) is 11.2. The highest BCUT2D eigenvalue weighted by Crippen LogP contribution is 2.02. The van der Waals surface area contributed by atoms with E-state index in [0.717, 1.165) is 6.54 Å². The summed E-state index contributed by atoms with van der Waals surface area (Å²) in [5, 5.41) is 11.4. The molecule has 0 spiro atoms. The normalized spacial score (nSPS) is 12.3. The first-order valence-electron chi connectivity index (χ1n) is 6.11. The lowest BCUT2D eigenvalue weighted by molar-refractivity contribution is -0.137. The van der Waals surface area contributed by atoms with Gasteiger partial charge < -0.3 is 15.3 Å². The van der Waals surface area contributed by atoms with Gasteiger partial charge in [-0.2, -0.15) is 0 Å². The number of rotatable bonds is 7. The van der Waals surface area contributed by atoms with Gasteiger partial charge in [0.15, 0.2) is 0 Å². The van der Waals surface area contributed by atoms with Crippen LogP contribution in [-0.4, -0.2) is 41.6 Å². The minimum atomic E-state index is -0.832. The van der Waals surface area contributed by atoms with Gasteiger partial charge in [-0.15, -0.1) is 0 Å². The Kier molecular flexibility index (Phi) is 7.34. The van der Waals surface area contributed by atoms with E-state index in [1.54, 1.807) is 4.90 Å². The fourth-order valence-electron chi connectivity index (χ4n) is 1.54. The molecule has 0 saturated heterocycles. The third kappa shape index (κ3) is 7.60. The maximum atomic E-state index is 11.8. The van der Waals surface area contributed by atoms with E-state index in [2.05, 4.69) is 19.2 Å². The van der Waals surface area contributed by atoms with Crippen LogP contribution in [0.5, 0.6) is 0 Å². The summed E-state index contributed by atoms with van der Waals surface area (Å²) in [5.74, 6) is -0.451. The van der Waals surface area contributed by atoms with Gasteiger partial charge in [-0.05, 0) is 18.8 Å². The third-order valence-electron chi connectivity index (χ3n) is 2.38. The number of carboxylic acid groups (broad SMARTS) is 1. The topological polar surface area (TPSA) is 69.6 Å². The molecule has 2 amide bonds. The monoisotopic (exact) mass is 244 g/mol. The second kappa shape index (κ2) is 7.92. The van der Waals surface area contributed by atoms with Gasteiger partial charge in [0.05, 0.1) is 0 Å². The van der Waals surface area contributed by atoms with Crippen LogP contribution >= 0.6 is 0 Å². The van der Waals surface area contributed by atoms with Gasteiger partial charge in [-0.25, -0.2) is 4.79 Å². The molecule has 2 N–H and O–H groups in total. The van der Waals surface area contributed by atoms with E-state index in [-0.39, 0.29) is 18.4 Å². The van der Waals surface area contributed by atoms with E-state index in [9.17, 15) is 9.59 Å². The van der Waals surface area contributed by atoms with Crippen LogP contribution in [0.1, 0.15) is 34.1 Å². The summed E-state index contributed by atoms with van der Waals surface area (Å²) in [7, 11) is 0. The molecule has 0 aromatic carbocycles. The molecular formula is C12H24N2O3. The third-order valence-corrected chi connectivity index (χ3v) is 2.38. The Labute approximate surface area is 103 Å². The van der Waals surface area contributed by atoms with Crippen molar-refractivity contribution < 1.29 is 14.7 Å². The van der Waals surface area contributed by atoms with Crippen LogP contribution in [0, 0.1) is 11.8 Å². The van der Waals surface area contributed by atoms with E-state index < -0.39 is 5.97 Å². The number of nitrogens with one attached hydrogen (secondary N) is 1. The van der Waals surface area contributed by atoms with Crippen LogP contribution in [-0.2, 0) is 4.79 Å². The molecule has 5 nitrogen and oxygen atoms in total. The lowest BCUT2D eigenvalue weighted by Gasteiger charge is -2.24. The molecule has 0 fully saturated rings. The Hall–Kier alpha value is -1.26. The summed E-state index contributed by atoms with van der Waals surface area (Å²) in [5.41, 5.74) is 0. The second-order valence-corrected chi connectivity index (χ2v) is 4.82. The lowest BCUT2D eigenvalue weighted by atomic mass is 10.1. The van der Waals surface area contributed by atoms with Crippen LogP contribution in [0.3, 0.4) is 0 Å². The van der Waals surface area contributed by atoms with Gasteiger partial charge in [-0.1, -0.05) is 20.8 Å². The average Bonchev–Trinajstić information content (AvgIpc) is 2.21. The molecule has 5 heteroatoms. The number of hydrogen-bond donors (Lipinski definition) is 2. The molecule has 17 heavy (non-hydrogen) atoms. The Morgan fingerprint density at radius 3 is 2.29 bits per heavy atom. The predicted molar refractivity (Wildman–Crippen MR) is 66.9 cm³/mol. The first kappa shape index (κ1) is 15.7. The average molecular weight is 244 g/mol. The van der Waals surface area contributed by atoms with Crippen molar-refractivity contribution in [2.75, 3.05) is 19.6 Å². The molecule has 0 bridgehead atoms. The number of carboxylic acids is 1. The molecule has 1 unspecified atom stereocenters. The van der Waals surface area contributed by atoms with Crippen LogP contribution in [0.4, 0.5) is 4.79 Å².